The van der Waals surface area contributed by atoms with Crippen LogP contribution in [0.15, 0.2) is 0 Å². The van der Waals surface area contributed by atoms with Gasteiger partial charge in [-0.2, -0.15) is 0 Å². The van der Waals surface area contributed by atoms with Crippen molar-refractivity contribution >= 4 is 6.29 Å². The smallest absolute Gasteiger partial charge is 0.146 e. The minimum Gasteiger partial charge on any atom is -0.359 e. The van der Waals surface area contributed by atoms with Crippen LogP contribution in [0.25, 0.3) is 0 Å². The molecule has 0 aromatic carbocycles. The molecule has 0 unspecified atom stereocenters. The third kappa shape index (κ3) is 2.57. The van der Waals surface area contributed by atoms with Gasteiger partial charge in [-0.15, -0.1) is 0 Å². The first-order chi connectivity index (χ1) is 5.88. The first-order valence-corrected chi connectivity index (χ1v) is 4.44. The van der Waals surface area contributed by atoms with Gasteiger partial charge in [0, 0.05) is 13.0 Å². The van der Waals surface area contributed by atoms with Gasteiger partial charge in [-0.1, -0.05) is 12.8 Å². The molecule has 0 radical (unpaired) electrons. The SMILES string of the molecule is COCO[C@H]1CCCC[C@H]1C=O. The second kappa shape index (κ2) is 5.27. The number of carbonyl (C=O) groups excluding carboxylic acids is 1. The molecule has 70 valence electrons. The molecule has 0 aromatic rings. The van der Waals surface area contributed by atoms with E-state index in [4.69, 9.17) is 9.47 Å². The number of aldehydes is 1. The van der Waals surface area contributed by atoms with Gasteiger partial charge >= 0.3 is 0 Å². The third-order valence-corrected chi connectivity index (χ3v) is 2.33. The van der Waals surface area contributed by atoms with E-state index in [2.05, 4.69) is 0 Å². The van der Waals surface area contributed by atoms with E-state index in [0.29, 0.717) is 6.79 Å². The van der Waals surface area contributed by atoms with Gasteiger partial charge in [0.05, 0.1) is 6.10 Å². The molecule has 1 saturated carbocycles. The summed E-state index contributed by atoms with van der Waals surface area (Å²) >= 11 is 0. The molecule has 0 amide bonds. The summed E-state index contributed by atoms with van der Waals surface area (Å²) in [5, 5.41) is 0. The normalized spacial score (nSPS) is 30.1. The Morgan fingerprint density at radius 1 is 1.42 bits per heavy atom. The van der Waals surface area contributed by atoms with Gasteiger partial charge in [0.15, 0.2) is 0 Å². The predicted molar refractivity (Wildman–Crippen MR) is 44.8 cm³/mol. The highest BCUT2D eigenvalue weighted by Gasteiger charge is 2.24. The molecule has 1 fully saturated rings. The number of methoxy groups -OCH3 is 1. The first-order valence-electron chi connectivity index (χ1n) is 4.44. The standard InChI is InChI=1S/C9H16O3/c1-11-7-12-9-5-3-2-4-8(9)6-10/h6,8-9H,2-5,7H2,1H3/t8-,9-/m0/s1. The van der Waals surface area contributed by atoms with Crippen LogP contribution in [0.5, 0.6) is 0 Å². The molecule has 0 saturated heterocycles. The number of carbonyl (C=O) groups is 1. The van der Waals surface area contributed by atoms with E-state index >= 15 is 0 Å². The van der Waals surface area contributed by atoms with E-state index in [0.717, 1.165) is 25.5 Å². The van der Waals surface area contributed by atoms with E-state index in [1.165, 1.54) is 6.42 Å². The van der Waals surface area contributed by atoms with Gasteiger partial charge in [0.2, 0.25) is 0 Å². The monoisotopic (exact) mass is 172 g/mol. The van der Waals surface area contributed by atoms with Crippen molar-refractivity contribution < 1.29 is 14.3 Å². The Morgan fingerprint density at radius 3 is 2.83 bits per heavy atom. The molecule has 12 heavy (non-hydrogen) atoms. The molecule has 0 aromatic heterocycles. The van der Waals surface area contributed by atoms with Crippen LogP contribution in [0.4, 0.5) is 0 Å². The Balaban J connectivity index is 2.31. The van der Waals surface area contributed by atoms with Gasteiger partial charge in [-0.25, -0.2) is 0 Å². The quantitative estimate of drug-likeness (QED) is 0.474. The highest BCUT2D eigenvalue weighted by atomic mass is 16.7. The fraction of sp³-hybridized carbons (Fsp3) is 0.889. The zero-order chi connectivity index (χ0) is 8.81. The van der Waals surface area contributed by atoms with Crippen LogP contribution < -0.4 is 0 Å². The zero-order valence-electron chi connectivity index (χ0n) is 7.49. The molecule has 0 aliphatic heterocycles. The van der Waals surface area contributed by atoms with Gasteiger partial charge in [-0.05, 0) is 12.8 Å². The van der Waals surface area contributed by atoms with E-state index in [1.807, 2.05) is 0 Å². The molecule has 0 heterocycles. The lowest BCUT2D eigenvalue weighted by molar-refractivity contribution is -0.128. The Kier molecular flexibility index (Phi) is 4.25. The topological polar surface area (TPSA) is 35.5 Å². The van der Waals surface area contributed by atoms with Crippen LogP contribution in [0.3, 0.4) is 0 Å². The fourth-order valence-electron chi connectivity index (χ4n) is 1.64. The molecule has 1 rings (SSSR count). The van der Waals surface area contributed by atoms with Crippen LogP contribution in [-0.4, -0.2) is 26.3 Å². The minimum absolute atomic E-state index is 0.0916. The lowest BCUT2D eigenvalue weighted by Gasteiger charge is -2.27. The Hall–Kier alpha value is -0.410. The van der Waals surface area contributed by atoms with Crippen molar-refractivity contribution in [3.8, 4) is 0 Å². The number of ether oxygens (including phenoxy) is 2. The van der Waals surface area contributed by atoms with Crippen LogP contribution in [0.2, 0.25) is 0 Å². The maximum absolute atomic E-state index is 10.6. The molecule has 0 spiro atoms. The average Bonchev–Trinajstić information content (AvgIpc) is 2.15. The fourth-order valence-corrected chi connectivity index (χ4v) is 1.64. The molecule has 0 N–H and O–H groups in total. The van der Waals surface area contributed by atoms with E-state index in [-0.39, 0.29) is 12.0 Å². The first kappa shape index (κ1) is 9.68. The van der Waals surface area contributed by atoms with Crippen molar-refractivity contribution in [2.75, 3.05) is 13.9 Å². The lowest BCUT2D eigenvalue weighted by Crippen LogP contribution is -2.29. The Labute approximate surface area is 73.0 Å². The summed E-state index contributed by atoms with van der Waals surface area (Å²) in [6.07, 6.45) is 5.38. The largest absolute Gasteiger partial charge is 0.359 e. The van der Waals surface area contributed by atoms with Crippen LogP contribution >= 0.6 is 0 Å². The summed E-state index contributed by atoms with van der Waals surface area (Å²) in [7, 11) is 1.60. The third-order valence-electron chi connectivity index (χ3n) is 2.33. The van der Waals surface area contributed by atoms with Crippen molar-refractivity contribution in [1.29, 1.82) is 0 Å². The van der Waals surface area contributed by atoms with Crippen molar-refractivity contribution in [2.45, 2.75) is 31.8 Å². The molecule has 3 nitrogen and oxygen atoms in total. The van der Waals surface area contributed by atoms with Gasteiger partial charge in [-0.3, -0.25) is 0 Å². The summed E-state index contributed by atoms with van der Waals surface area (Å²) in [5.41, 5.74) is 0. The van der Waals surface area contributed by atoms with E-state index in [9.17, 15) is 4.79 Å². The van der Waals surface area contributed by atoms with Crippen molar-refractivity contribution in [1.82, 2.24) is 0 Å². The molecule has 0 bridgehead atoms. The molecular weight excluding hydrogens is 156 g/mol. The second-order valence-corrected chi connectivity index (χ2v) is 3.20. The minimum atomic E-state index is 0.0916. The summed E-state index contributed by atoms with van der Waals surface area (Å²) in [6, 6.07) is 0. The highest BCUT2D eigenvalue weighted by molar-refractivity contribution is 5.54. The van der Waals surface area contributed by atoms with Gasteiger partial charge in [0.1, 0.15) is 13.1 Å². The predicted octanol–water partition coefficient (Wildman–Crippen LogP) is 1.36. The van der Waals surface area contributed by atoms with Gasteiger partial charge in [0.25, 0.3) is 0 Å². The molecule has 1 aliphatic carbocycles. The Morgan fingerprint density at radius 2 is 2.17 bits per heavy atom. The summed E-state index contributed by atoms with van der Waals surface area (Å²) in [4.78, 5) is 10.6. The average molecular weight is 172 g/mol. The zero-order valence-corrected chi connectivity index (χ0v) is 7.49. The van der Waals surface area contributed by atoms with Crippen LogP contribution in [0, 0.1) is 5.92 Å². The molecule has 2 atom stereocenters. The maximum Gasteiger partial charge on any atom is 0.146 e. The van der Waals surface area contributed by atoms with Crippen molar-refractivity contribution in [3.05, 3.63) is 0 Å². The molecular formula is C9H16O3. The Bertz CT molecular complexity index is 136. The van der Waals surface area contributed by atoms with Crippen LogP contribution in [-0.2, 0) is 14.3 Å². The number of hydrogen-bond acceptors (Lipinski definition) is 3. The van der Waals surface area contributed by atoms with E-state index < -0.39 is 0 Å². The second-order valence-electron chi connectivity index (χ2n) is 3.20. The van der Waals surface area contributed by atoms with Crippen LogP contribution in [0.1, 0.15) is 25.7 Å². The van der Waals surface area contributed by atoms with Crippen molar-refractivity contribution in [3.63, 3.8) is 0 Å². The lowest BCUT2D eigenvalue weighted by atomic mass is 9.87. The number of hydrogen-bond donors (Lipinski definition) is 0. The molecule has 1 aliphatic rings. The van der Waals surface area contributed by atoms with Gasteiger partial charge < -0.3 is 14.3 Å². The summed E-state index contributed by atoms with van der Waals surface area (Å²) < 4.78 is 10.2. The maximum atomic E-state index is 10.6. The summed E-state index contributed by atoms with van der Waals surface area (Å²) in [5.74, 6) is 0.0916. The van der Waals surface area contributed by atoms with E-state index in [1.54, 1.807) is 7.11 Å². The highest BCUT2D eigenvalue weighted by Crippen LogP contribution is 2.25. The summed E-state index contributed by atoms with van der Waals surface area (Å²) in [6.45, 7) is 0.301. The number of rotatable bonds is 4. The van der Waals surface area contributed by atoms with Crippen molar-refractivity contribution in [2.24, 2.45) is 5.92 Å². The molecule has 3 heteroatoms.